The fourth-order valence-corrected chi connectivity index (χ4v) is 1.96. The summed E-state index contributed by atoms with van der Waals surface area (Å²) in [4.78, 5) is 13.0. The Morgan fingerprint density at radius 1 is 1.18 bits per heavy atom. The number of amides is 1. The third-order valence-electron chi connectivity index (χ3n) is 3.04. The summed E-state index contributed by atoms with van der Waals surface area (Å²) >= 11 is 0. The van der Waals surface area contributed by atoms with E-state index in [2.05, 4.69) is 25.7 Å². The maximum absolute atomic E-state index is 12.0. The number of nitrogens with one attached hydrogen (secondary N) is 1. The Balaban J connectivity index is 2.41. The molecule has 0 bridgehead atoms. The van der Waals surface area contributed by atoms with E-state index < -0.39 is 12.1 Å². The van der Waals surface area contributed by atoms with Crippen LogP contribution in [0.2, 0.25) is 0 Å². The fraction of sp³-hybridized carbons (Fsp3) is 0.909. The number of rotatable bonds is 1. The molecule has 1 N–H and O–H groups in total. The van der Waals surface area contributed by atoms with Gasteiger partial charge in [-0.1, -0.05) is 0 Å². The number of hydrogen-bond donors (Lipinski definition) is 1. The molecule has 1 saturated heterocycles. The average molecular weight is 252 g/mol. The van der Waals surface area contributed by atoms with E-state index in [0.29, 0.717) is 25.9 Å². The van der Waals surface area contributed by atoms with E-state index in [1.54, 1.807) is 0 Å². The summed E-state index contributed by atoms with van der Waals surface area (Å²) in [7, 11) is 0. The maximum atomic E-state index is 12.0. The van der Waals surface area contributed by atoms with E-state index in [1.807, 2.05) is 5.32 Å². The predicted octanol–water partition coefficient (Wildman–Crippen LogP) is 1.93. The van der Waals surface area contributed by atoms with Crippen LogP contribution in [0, 0.1) is 0 Å². The second-order valence-electron chi connectivity index (χ2n) is 5.40. The highest BCUT2D eigenvalue weighted by molar-refractivity contribution is 5.81. The predicted molar refractivity (Wildman–Crippen MR) is 58.5 cm³/mol. The normalized spacial score (nSPS) is 20.4. The lowest BCUT2D eigenvalue weighted by Crippen LogP contribution is -2.52. The Hall–Kier alpha value is -0.780. The molecule has 1 aliphatic heterocycles. The van der Waals surface area contributed by atoms with Crippen molar-refractivity contribution in [1.82, 2.24) is 10.2 Å². The van der Waals surface area contributed by atoms with Crippen LogP contribution in [0.3, 0.4) is 0 Å². The van der Waals surface area contributed by atoms with Crippen molar-refractivity contribution < 1.29 is 18.0 Å². The molecule has 1 amide bonds. The molecule has 6 heteroatoms. The lowest BCUT2D eigenvalue weighted by Gasteiger charge is -2.41. The SMILES string of the molecule is CC(C)(C)N1CCC(NC(=O)C(F)(F)F)CC1. The lowest BCUT2D eigenvalue weighted by molar-refractivity contribution is -0.174. The van der Waals surface area contributed by atoms with Crippen molar-refractivity contribution in [1.29, 1.82) is 0 Å². The zero-order chi connectivity index (χ0) is 13.3. The van der Waals surface area contributed by atoms with Crippen LogP contribution in [0.1, 0.15) is 33.6 Å². The minimum absolute atomic E-state index is 0.0268. The quantitative estimate of drug-likeness (QED) is 0.773. The molecule has 0 aromatic carbocycles. The van der Waals surface area contributed by atoms with Gasteiger partial charge in [0, 0.05) is 24.7 Å². The van der Waals surface area contributed by atoms with E-state index in [-0.39, 0.29) is 11.6 Å². The highest BCUT2D eigenvalue weighted by atomic mass is 19.4. The molecule has 0 aromatic heterocycles. The second-order valence-corrected chi connectivity index (χ2v) is 5.40. The molecule has 0 aromatic rings. The average Bonchev–Trinajstić information content (AvgIpc) is 2.15. The second kappa shape index (κ2) is 4.84. The zero-order valence-electron chi connectivity index (χ0n) is 10.4. The summed E-state index contributed by atoms with van der Waals surface area (Å²) in [6.45, 7) is 7.64. The molecule has 1 fully saturated rings. The molecule has 100 valence electrons. The number of alkyl halides is 3. The van der Waals surface area contributed by atoms with Gasteiger partial charge in [0.25, 0.3) is 0 Å². The summed E-state index contributed by atoms with van der Waals surface area (Å²) in [6.07, 6.45) is -3.64. The van der Waals surface area contributed by atoms with Gasteiger partial charge in [-0.3, -0.25) is 9.69 Å². The molecule has 1 heterocycles. The third kappa shape index (κ3) is 4.18. The standard InChI is InChI=1S/C11H19F3N2O/c1-10(2,3)16-6-4-8(5-7-16)15-9(17)11(12,13)14/h8H,4-7H2,1-3H3,(H,15,17). The van der Waals surface area contributed by atoms with Crippen molar-refractivity contribution in [2.24, 2.45) is 0 Å². The van der Waals surface area contributed by atoms with Crippen LogP contribution in [0.15, 0.2) is 0 Å². The molecule has 17 heavy (non-hydrogen) atoms. The molecular formula is C11H19F3N2O. The first-order valence-electron chi connectivity index (χ1n) is 5.73. The van der Waals surface area contributed by atoms with Crippen LogP contribution >= 0.6 is 0 Å². The van der Waals surface area contributed by atoms with Crippen LogP contribution < -0.4 is 5.32 Å². The van der Waals surface area contributed by atoms with Crippen molar-refractivity contribution in [3.63, 3.8) is 0 Å². The van der Waals surface area contributed by atoms with E-state index in [0.717, 1.165) is 0 Å². The number of likely N-dealkylation sites (tertiary alicyclic amines) is 1. The first kappa shape index (κ1) is 14.3. The Morgan fingerprint density at radius 2 is 1.65 bits per heavy atom. The largest absolute Gasteiger partial charge is 0.471 e. The van der Waals surface area contributed by atoms with Gasteiger partial charge in [-0.2, -0.15) is 13.2 Å². The summed E-state index contributed by atoms with van der Waals surface area (Å²) in [6, 6.07) is -0.359. The van der Waals surface area contributed by atoms with Gasteiger partial charge in [0.15, 0.2) is 0 Å². The highest BCUT2D eigenvalue weighted by Crippen LogP contribution is 2.21. The van der Waals surface area contributed by atoms with Crippen molar-refractivity contribution >= 4 is 5.91 Å². The van der Waals surface area contributed by atoms with Gasteiger partial charge < -0.3 is 5.32 Å². The van der Waals surface area contributed by atoms with Crippen LogP contribution in [-0.2, 0) is 4.79 Å². The van der Waals surface area contributed by atoms with E-state index in [9.17, 15) is 18.0 Å². The van der Waals surface area contributed by atoms with Gasteiger partial charge in [-0.15, -0.1) is 0 Å². The van der Waals surface area contributed by atoms with Crippen LogP contribution in [-0.4, -0.2) is 41.7 Å². The van der Waals surface area contributed by atoms with E-state index in [4.69, 9.17) is 0 Å². The Labute approximate surface area is 99.4 Å². The van der Waals surface area contributed by atoms with Gasteiger partial charge in [0.1, 0.15) is 0 Å². The van der Waals surface area contributed by atoms with Crippen molar-refractivity contribution in [2.75, 3.05) is 13.1 Å². The molecule has 0 spiro atoms. The first-order chi connectivity index (χ1) is 7.60. The maximum Gasteiger partial charge on any atom is 0.471 e. The molecule has 0 unspecified atom stereocenters. The molecule has 1 aliphatic rings. The minimum Gasteiger partial charge on any atom is -0.345 e. The Bertz CT molecular complexity index is 275. The number of halogens is 3. The third-order valence-corrected chi connectivity index (χ3v) is 3.04. The van der Waals surface area contributed by atoms with Gasteiger partial charge in [-0.25, -0.2) is 0 Å². The highest BCUT2D eigenvalue weighted by Gasteiger charge is 2.40. The summed E-state index contributed by atoms with van der Waals surface area (Å²) in [5.74, 6) is -1.83. The fourth-order valence-electron chi connectivity index (χ4n) is 1.96. The van der Waals surface area contributed by atoms with Gasteiger partial charge in [-0.05, 0) is 33.6 Å². The molecule has 0 radical (unpaired) electrons. The molecule has 0 saturated carbocycles. The number of piperidine rings is 1. The zero-order valence-corrected chi connectivity index (χ0v) is 10.4. The number of hydrogen-bond acceptors (Lipinski definition) is 2. The van der Waals surface area contributed by atoms with Crippen molar-refractivity contribution in [3.05, 3.63) is 0 Å². The smallest absolute Gasteiger partial charge is 0.345 e. The van der Waals surface area contributed by atoms with Crippen LogP contribution in [0.5, 0.6) is 0 Å². The topological polar surface area (TPSA) is 32.3 Å². The summed E-state index contributed by atoms with van der Waals surface area (Å²) in [5, 5.41) is 2.04. The van der Waals surface area contributed by atoms with Crippen LogP contribution in [0.25, 0.3) is 0 Å². The number of carbonyl (C=O) groups is 1. The molecule has 0 atom stereocenters. The van der Waals surface area contributed by atoms with Gasteiger partial charge in [0.05, 0.1) is 0 Å². The van der Waals surface area contributed by atoms with Crippen molar-refractivity contribution in [2.45, 2.75) is 51.4 Å². The first-order valence-corrected chi connectivity index (χ1v) is 5.73. The summed E-state index contributed by atoms with van der Waals surface area (Å²) in [5.41, 5.74) is 0.0268. The molecule has 3 nitrogen and oxygen atoms in total. The monoisotopic (exact) mass is 252 g/mol. The summed E-state index contributed by atoms with van der Waals surface area (Å²) < 4.78 is 36.1. The minimum atomic E-state index is -4.78. The lowest BCUT2D eigenvalue weighted by atomic mass is 9.98. The number of nitrogens with zero attached hydrogens (tertiary/aromatic N) is 1. The molecular weight excluding hydrogens is 233 g/mol. The van der Waals surface area contributed by atoms with Gasteiger partial charge in [0.2, 0.25) is 0 Å². The molecule has 1 rings (SSSR count). The Morgan fingerprint density at radius 3 is 2.00 bits per heavy atom. The van der Waals surface area contributed by atoms with Gasteiger partial charge >= 0.3 is 12.1 Å². The number of carbonyl (C=O) groups excluding carboxylic acids is 1. The van der Waals surface area contributed by atoms with E-state index >= 15 is 0 Å². The van der Waals surface area contributed by atoms with E-state index in [1.165, 1.54) is 0 Å². The van der Waals surface area contributed by atoms with Crippen molar-refractivity contribution in [3.8, 4) is 0 Å². The molecule has 0 aliphatic carbocycles. The van der Waals surface area contributed by atoms with Crippen LogP contribution in [0.4, 0.5) is 13.2 Å². The Kier molecular flexibility index (Phi) is 4.06.